The van der Waals surface area contributed by atoms with Crippen molar-refractivity contribution < 1.29 is 38.1 Å². The first-order valence-corrected chi connectivity index (χ1v) is 11.8. The normalized spacial score (nSPS) is 21.0. The molecule has 0 aromatic rings. The van der Waals surface area contributed by atoms with Crippen molar-refractivity contribution in [2.45, 2.75) is 90.5 Å². The third-order valence-corrected chi connectivity index (χ3v) is 5.12. The summed E-state index contributed by atoms with van der Waals surface area (Å²) in [5, 5.41) is 0. The molecule has 0 bridgehead atoms. The van der Waals surface area contributed by atoms with Crippen LogP contribution in [0.4, 0.5) is 9.59 Å². The lowest BCUT2D eigenvalue weighted by Crippen LogP contribution is -2.44. The molecule has 2 fully saturated rings. The van der Waals surface area contributed by atoms with Crippen LogP contribution < -0.4 is 0 Å². The number of ether oxygens (including phenoxy) is 4. The highest BCUT2D eigenvalue weighted by molar-refractivity contribution is 5.83. The van der Waals surface area contributed by atoms with E-state index in [1.165, 1.54) is 9.80 Å². The minimum atomic E-state index is -0.665. The predicted molar refractivity (Wildman–Crippen MR) is 123 cm³/mol. The van der Waals surface area contributed by atoms with Gasteiger partial charge in [0.2, 0.25) is 0 Å². The van der Waals surface area contributed by atoms with Gasteiger partial charge in [-0.2, -0.15) is 0 Å². The van der Waals surface area contributed by atoms with E-state index in [9.17, 15) is 19.2 Å². The fourth-order valence-corrected chi connectivity index (χ4v) is 3.69. The maximum atomic E-state index is 12.4. The molecule has 2 amide bonds. The molecule has 2 heterocycles. The molecule has 10 heteroatoms. The second-order valence-corrected chi connectivity index (χ2v) is 10.4. The molecule has 0 N–H and O–H groups in total. The molecule has 192 valence electrons. The first-order chi connectivity index (χ1) is 15.8. The highest BCUT2D eigenvalue weighted by Gasteiger charge is 2.38. The molecule has 0 aliphatic carbocycles. The molecular formula is C24H38N2O8. The van der Waals surface area contributed by atoms with Crippen molar-refractivity contribution in [3.63, 3.8) is 0 Å². The second-order valence-electron chi connectivity index (χ2n) is 10.4. The summed E-state index contributed by atoms with van der Waals surface area (Å²) in [7, 11) is 0. The van der Waals surface area contributed by atoms with Crippen LogP contribution in [0, 0.1) is 0 Å². The lowest BCUT2D eigenvalue weighted by atomic mass is 10.2. The van der Waals surface area contributed by atoms with Crippen LogP contribution >= 0.6 is 0 Å². The summed E-state index contributed by atoms with van der Waals surface area (Å²) in [4.78, 5) is 52.2. The number of amides is 2. The van der Waals surface area contributed by atoms with Gasteiger partial charge in [0.15, 0.2) is 0 Å². The predicted octanol–water partition coefficient (Wildman–Crippen LogP) is 3.43. The monoisotopic (exact) mass is 482 g/mol. The third-order valence-electron chi connectivity index (χ3n) is 5.12. The Hall–Kier alpha value is -2.78. The Morgan fingerprint density at radius 2 is 1.06 bits per heavy atom. The fraction of sp³-hybridized carbons (Fsp3) is 0.750. The molecule has 0 spiro atoms. The Labute approximate surface area is 201 Å². The van der Waals surface area contributed by atoms with E-state index in [1.54, 1.807) is 53.7 Å². The molecule has 2 aliphatic heterocycles. The number of carbonyl (C=O) groups is 4. The maximum absolute atomic E-state index is 12.4. The van der Waals surface area contributed by atoms with E-state index < -0.39 is 47.4 Å². The van der Waals surface area contributed by atoms with Gasteiger partial charge in [0, 0.05) is 13.1 Å². The maximum Gasteiger partial charge on any atom is 0.411 e. The number of rotatable bonds is 6. The molecule has 0 saturated carbocycles. The molecule has 0 unspecified atom stereocenters. The van der Waals surface area contributed by atoms with Gasteiger partial charge in [-0.1, -0.05) is 0 Å². The van der Waals surface area contributed by atoms with Crippen LogP contribution in [0.1, 0.15) is 67.2 Å². The van der Waals surface area contributed by atoms with E-state index in [2.05, 4.69) is 0 Å². The number of nitrogens with zero attached hydrogens (tertiary/aromatic N) is 2. The average molecular weight is 483 g/mol. The zero-order valence-electron chi connectivity index (χ0n) is 21.1. The summed E-state index contributed by atoms with van der Waals surface area (Å²) in [6, 6.07) is -1.33. The molecule has 2 saturated heterocycles. The van der Waals surface area contributed by atoms with Crippen molar-refractivity contribution in [3.05, 3.63) is 12.2 Å². The second kappa shape index (κ2) is 11.6. The molecule has 34 heavy (non-hydrogen) atoms. The summed E-state index contributed by atoms with van der Waals surface area (Å²) in [5.74, 6) is -0.993. The van der Waals surface area contributed by atoms with Crippen molar-refractivity contribution in [3.8, 4) is 0 Å². The Morgan fingerprint density at radius 1 is 0.706 bits per heavy atom. The van der Waals surface area contributed by atoms with Gasteiger partial charge in [0.25, 0.3) is 0 Å². The molecule has 0 radical (unpaired) electrons. The van der Waals surface area contributed by atoms with Crippen molar-refractivity contribution in [2.75, 3.05) is 26.3 Å². The van der Waals surface area contributed by atoms with Gasteiger partial charge in [-0.05, 0) is 79.4 Å². The first-order valence-electron chi connectivity index (χ1n) is 11.8. The molecule has 2 rings (SSSR count). The van der Waals surface area contributed by atoms with Gasteiger partial charge in [-0.3, -0.25) is 9.80 Å². The first kappa shape index (κ1) is 27.5. The zero-order chi connectivity index (χ0) is 25.5. The van der Waals surface area contributed by atoms with E-state index >= 15 is 0 Å². The number of likely N-dealkylation sites (tertiary alicyclic amines) is 2. The lowest BCUT2D eigenvalue weighted by Gasteiger charge is -2.27. The minimum absolute atomic E-state index is 0.0114. The topological polar surface area (TPSA) is 112 Å². The van der Waals surface area contributed by atoms with Gasteiger partial charge in [-0.15, -0.1) is 0 Å². The highest BCUT2D eigenvalue weighted by atomic mass is 16.6. The molecule has 0 aromatic heterocycles. The Bertz CT molecular complexity index is 717. The van der Waals surface area contributed by atoms with Gasteiger partial charge >= 0.3 is 24.1 Å². The van der Waals surface area contributed by atoms with E-state index in [0.29, 0.717) is 38.8 Å². The van der Waals surface area contributed by atoms with Crippen molar-refractivity contribution in [2.24, 2.45) is 0 Å². The van der Waals surface area contributed by atoms with Crippen molar-refractivity contribution >= 4 is 24.1 Å². The standard InChI is InChI=1S/C24H38N2O8/c1-23(2,3)33-21(29)25-13-9-11-17(25)19(27)31-15-7-8-16-32-20(28)18-12-10-14-26(18)22(30)34-24(4,5)6/h7-8,17-18H,9-16H2,1-6H3/b8-7+/t17-,18-/m0/s1. The summed E-state index contributed by atoms with van der Waals surface area (Å²) in [6.07, 6.45) is 4.53. The van der Waals surface area contributed by atoms with E-state index in [0.717, 1.165) is 0 Å². The summed E-state index contributed by atoms with van der Waals surface area (Å²) in [5.41, 5.74) is -1.28. The average Bonchev–Trinajstić information content (AvgIpc) is 3.37. The van der Waals surface area contributed by atoms with E-state index in [1.807, 2.05) is 0 Å². The van der Waals surface area contributed by atoms with Crippen LogP contribution in [-0.2, 0) is 28.5 Å². The molecule has 10 nitrogen and oxygen atoms in total. The molecule has 2 atom stereocenters. The quantitative estimate of drug-likeness (QED) is 0.322. The molecular weight excluding hydrogens is 444 g/mol. The lowest BCUT2D eigenvalue weighted by molar-refractivity contribution is -0.148. The number of hydrogen-bond acceptors (Lipinski definition) is 8. The Morgan fingerprint density at radius 3 is 1.38 bits per heavy atom. The van der Waals surface area contributed by atoms with Gasteiger partial charge in [0.1, 0.15) is 36.5 Å². The summed E-state index contributed by atoms with van der Waals surface area (Å²) < 4.78 is 21.2. The zero-order valence-corrected chi connectivity index (χ0v) is 21.1. The fourth-order valence-electron chi connectivity index (χ4n) is 3.69. The number of esters is 2. The van der Waals surface area contributed by atoms with Crippen molar-refractivity contribution in [1.82, 2.24) is 9.80 Å². The van der Waals surface area contributed by atoms with Crippen molar-refractivity contribution in [1.29, 1.82) is 0 Å². The minimum Gasteiger partial charge on any atom is -0.460 e. The van der Waals surface area contributed by atoms with Gasteiger partial charge < -0.3 is 18.9 Å². The number of hydrogen-bond donors (Lipinski definition) is 0. The number of carbonyl (C=O) groups excluding carboxylic acids is 4. The SMILES string of the molecule is CC(C)(C)OC(=O)N1CCC[C@H]1C(=O)OC/C=C/COC(=O)[C@@H]1CCCN1C(=O)OC(C)(C)C. The third kappa shape index (κ3) is 8.53. The van der Waals surface area contributed by atoms with Crippen LogP contribution in [0.15, 0.2) is 12.2 Å². The Kier molecular flexibility index (Phi) is 9.35. The molecule has 2 aliphatic rings. The Balaban J connectivity index is 1.73. The highest BCUT2D eigenvalue weighted by Crippen LogP contribution is 2.23. The van der Waals surface area contributed by atoms with E-state index in [4.69, 9.17) is 18.9 Å². The smallest absolute Gasteiger partial charge is 0.411 e. The van der Waals surface area contributed by atoms with E-state index in [-0.39, 0.29) is 13.2 Å². The van der Waals surface area contributed by atoms with Gasteiger partial charge in [0.05, 0.1) is 0 Å². The van der Waals surface area contributed by atoms with Crippen LogP contribution in [0.2, 0.25) is 0 Å². The molecule has 0 aromatic carbocycles. The largest absolute Gasteiger partial charge is 0.460 e. The van der Waals surface area contributed by atoms with Crippen LogP contribution in [0.5, 0.6) is 0 Å². The van der Waals surface area contributed by atoms with Crippen LogP contribution in [0.25, 0.3) is 0 Å². The summed E-state index contributed by atoms with van der Waals surface area (Å²) in [6.45, 7) is 11.5. The summed E-state index contributed by atoms with van der Waals surface area (Å²) >= 11 is 0. The van der Waals surface area contributed by atoms with Crippen LogP contribution in [-0.4, -0.2) is 83.5 Å². The van der Waals surface area contributed by atoms with Gasteiger partial charge in [-0.25, -0.2) is 19.2 Å². The van der Waals surface area contributed by atoms with Crippen LogP contribution in [0.3, 0.4) is 0 Å².